The summed E-state index contributed by atoms with van der Waals surface area (Å²) in [6.45, 7) is 5.09. The van der Waals surface area contributed by atoms with Crippen LogP contribution >= 0.6 is 0 Å². The van der Waals surface area contributed by atoms with Crippen molar-refractivity contribution in [2.45, 2.75) is 26.7 Å². The Hall–Kier alpha value is -2.11. The van der Waals surface area contributed by atoms with Gasteiger partial charge in [-0.3, -0.25) is 14.9 Å². The minimum Gasteiger partial charge on any atom is -0.481 e. The number of carboxylic acid groups (broad SMARTS) is 1. The van der Waals surface area contributed by atoms with Crippen molar-refractivity contribution in [2.75, 3.05) is 18.0 Å². The van der Waals surface area contributed by atoms with Crippen molar-refractivity contribution >= 4 is 17.3 Å². The van der Waals surface area contributed by atoms with E-state index in [1.807, 2.05) is 18.7 Å². The summed E-state index contributed by atoms with van der Waals surface area (Å²) in [5.74, 6) is -1.11. The monoisotopic (exact) mass is 280 g/mol. The molecule has 0 aliphatic carbocycles. The molecule has 1 fully saturated rings. The number of nitro benzene ring substituents is 1. The topological polar surface area (TPSA) is 83.7 Å². The number of benzene rings is 1. The fourth-order valence-electron chi connectivity index (χ4n) is 2.25. The highest BCUT2D eigenvalue weighted by Gasteiger charge is 2.27. The van der Waals surface area contributed by atoms with Crippen LogP contribution in [0.5, 0.6) is 0 Å². The molecule has 0 amide bonds. The van der Waals surface area contributed by atoms with Crippen LogP contribution in [0.3, 0.4) is 0 Å². The van der Waals surface area contributed by atoms with E-state index in [1.165, 1.54) is 6.07 Å². The second kappa shape index (κ2) is 7.47. The molecule has 1 aromatic carbocycles. The smallest absolute Gasteiger partial charge is 0.306 e. The third kappa shape index (κ3) is 3.69. The summed E-state index contributed by atoms with van der Waals surface area (Å²) in [5, 5.41) is 19.8. The summed E-state index contributed by atoms with van der Waals surface area (Å²) in [6.07, 6.45) is 1.06. The maximum absolute atomic E-state index is 10.9. The zero-order valence-electron chi connectivity index (χ0n) is 11.8. The predicted molar refractivity (Wildman–Crippen MR) is 77.0 cm³/mol. The first kappa shape index (κ1) is 15.9. The third-order valence-electron chi connectivity index (χ3n) is 3.26. The standard InChI is InChI=1S/C12H14N2O4.C2H6/c15-12(16)9-5-7-13(8-6-9)10-3-1-2-4-11(10)14(17)18;1-2/h1-4,9H,5-8H2,(H,15,16);1-2H3. The van der Waals surface area contributed by atoms with Gasteiger partial charge in [-0.2, -0.15) is 0 Å². The zero-order valence-corrected chi connectivity index (χ0v) is 11.8. The molecular weight excluding hydrogens is 260 g/mol. The SMILES string of the molecule is CC.O=C(O)C1CCN(c2ccccc2[N+](=O)[O-])CC1. The lowest BCUT2D eigenvalue weighted by Crippen LogP contribution is -2.36. The summed E-state index contributed by atoms with van der Waals surface area (Å²) in [4.78, 5) is 23.3. The third-order valence-corrected chi connectivity index (χ3v) is 3.26. The van der Waals surface area contributed by atoms with E-state index < -0.39 is 10.9 Å². The second-order valence-corrected chi connectivity index (χ2v) is 4.35. The van der Waals surface area contributed by atoms with E-state index in [0.717, 1.165) is 0 Å². The Labute approximate surface area is 118 Å². The summed E-state index contributed by atoms with van der Waals surface area (Å²) < 4.78 is 0. The molecule has 6 nitrogen and oxygen atoms in total. The van der Waals surface area contributed by atoms with Gasteiger partial charge in [0, 0.05) is 19.2 Å². The minimum absolute atomic E-state index is 0.0753. The number of piperidine rings is 1. The van der Waals surface area contributed by atoms with Crippen LogP contribution < -0.4 is 4.90 Å². The maximum atomic E-state index is 10.9. The molecule has 6 heteroatoms. The second-order valence-electron chi connectivity index (χ2n) is 4.35. The van der Waals surface area contributed by atoms with E-state index in [0.29, 0.717) is 31.6 Å². The Kier molecular flexibility index (Phi) is 5.96. The number of hydrogen-bond acceptors (Lipinski definition) is 4. The number of aliphatic carboxylic acids is 1. The summed E-state index contributed by atoms with van der Waals surface area (Å²) in [7, 11) is 0. The number of carboxylic acids is 1. The zero-order chi connectivity index (χ0) is 15.1. The van der Waals surface area contributed by atoms with Gasteiger partial charge in [0.15, 0.2) is 0 Å². The van der Waals surface area contributed by atoms with Gasteiger partial charge in [-0.25, -0.2) is 0 Å². The number of anilines is 1. The first-order chi connectivity index (χ1) is 9.59. The Morgan fingerprint density at radius 2 is 1.85 bits per heavy atom. The Morgan fingerprint density at radius 3 is 2.35 bits per heavy atom. The van der Waals surface area contributed by atoms with Crippen LogP contribution in [0.1, 0.15) is 26.7 Å². The molecular formula is C14H20N2O4. The molecule has 20 heavy (non-hydrogen) atoms. The van der Waals surface area contributed by atoms with E-state index in [4.69, 9.17) is 5.11 Å². The fourth-order valence-corrected chi connectivity index (χ4v) is 2.25. The molecule has 1 N–H and O–H groups in total. The Morgan fingerprint density at radius 1 is 1.30 bits per heavy atom. The van der Waals surface area contributed by atoms with E-state index in [9.17, 15) is 14.9 Å². The van der Waals surface area contributed by atoms with E-state index in [1.54, 1.807) is 18.2 Å². The van der Waals surface area contributed by atoms with Crippen molar-refractivity contribution in [2.24, 2.45) is 5.92 Å². The molecule has 1 heterocycles. The predicted octanol–water partition coefficient (Wildman–Crippen LogP) is 2.92. The number of rotatable bonds is 3. The van der Waals surface area contributed by atoms with Crippen LogP contribution in [0.2, 0.25) is 0 Å². The Bertz CT molecular complexity index is 468. The number of nitrogens with zero attached hydrogens (tertiary/aromatic N) is 2. The number of nitro groups is 1. The average Bonchev–Trinajstić information content (AvgIpc) is 2.49. The van der Waals surface area contributed by atoms with E-state index in [-0.39, 0.29) is 11.6 Å². The first-order valence-corrected chi connectivity index (χ1v) is 6.81. The minimum atomic E-state index is -0.780. The van der Waals surface area contributed by atoms with Crippen LogP contribution in [-0.2, 0) is 4.79 Å². The van der Waals surface area contributed by atoms with Crippen molar-refractivity contribution in [1.29, 1.82) is 0 Å². The van der Waals surface area contributed by atoms with Gasteiger partial charge in [0.2, 0.25) is 0 Å². The molecule has 1 aliphatic rings. The highest BCUT2D eigenvalue weighted by atomic mass is 16.6. The normalized spacial score (nSPS) is 15.2. The highest BCUT2D eigenvalue weighted by molar-refractivity contribution is 5.71. The number of para-hydroxylation sites is 2. The molecule has 0 spiro atoms. The van der Waals surface area contributed by atoms with Gasteiger partial charge in [0.25, 0.3) is 5.69 Å². The molecule has 110 valence electrons. The van der Waals surface area contributed by atoms with Crippen molar-refractivity contribution < 1.29 is 14.8 Å². The van der Waals surface area contributed by atoms with Crippen LogP contribution in [-0.4, -0.2) is 29.1 Å². The molecule has 1 aromatic rings. The molecule has 0 saturated carbocycles. The lowest BCUT2D eigenvalue weighted by molar-refractivity contribution is -0.384. The highest BCUT2D eigenvalue weighted by Crippen LogP contribution is 2.30. The Balaban J connectivity index is 0.000000956. The largest absolute Gasteiger partial charge is 0.481 e. The van der Waals surface area contributed by atoms with Crippen molar-refractivity contribution in [3.63, 3.8) is 0 Å². The van der Waals surface area contributed by atoms with Gasteiger partial charge in [0.05, 0.1) is 10.8 Å². The summed E-state index contributed by atoms with van der Waals surface area (Å²) >= 11 is 0. The lowest BCUT2D eigenvalue weighted by Gasteiger charge is -2.31. The molecule has 0 aromatic heterocycles. The van der Waals surface area contributed by atoms with Gasteiger partial charge in [-0.15, -0.1) is 0 Å². The lowest BCUT2D eigenvalue weighted by atomic mass is 9.96. The van der Waals surface area contributed by atoms with Gasteiger partial charge in [0.1, 0.15) is 5.69 Å². The fraction of sp³-hybridized carbons (Fsp3) is 0.500. The molecule has 0 unspecified atom stereocenters. The van der Waals surface area contributed by atoms with Gasteiger partial charge in [-0.05, 0) is 18.9 Å². The number of carbonyl (C=O) groups is 1. The van der Waals surface area contributed by atoms with Crippen molar-refractivity contribution in [1.82, 2.24) is 0 Å². The van der Waals surface area contributed by atoms with Crippen LogP contribution in [0.15, 0.2) is 24.3 Å². The van der Waals surface area contributed by atoms with Crippen LogP contribution in [0, 0.1) is 16.0 Å². The number of hydrogen-bond donors (Lipinski definition) is 1. The van der Waals surface area contributed by atoms with E-state index >= 15 is 0 Å². The van der Waals surface area contributed by atoms with E-state index in [2.05, 4.69) is 0 Å². The quantitative estimate of drug-likeness (QED) is 0.679. The van der Waals surface area contributed by atoms with Crippen LogP contribution in [0.4, 0.5) is 11.4 Å². The maximum Gasteiger partial charge on any atom is 0.306 e. The van der Waals surface area contributed by atoms with Gasteiger partial charge < -0.3 is 10.0 Å². The van der Waals surface area contributed by atoms with Crippen LogP contribution in [0.25, 0.3) is 0 Å². The first-order valence-electron chi connectivity index (χ1n) is 6.81. The molecule has 1 aliphatic heterocycles. The molecule has 2 rings (SSSR count). The summed E-state index contributed by atoms with van der Waals surface area (Å²) in [5.41, 5.74) is 0.651. The average molecular weight is 280 g/mol. The molecule has 0 radical (unpaired) electrons. The van der Waals surface area contributed by atoms with Crippen molar-refractivity contribution in [3.8, 4) is 0 Å². The van der Waals surface area contributed by atoms with Crippen molar-refractivity contribution in [3.05, 3.63) is 34.4 Å². The van der Waals surface area contributed by atoms with Gasteiger partial charge in [-0.1, -0.05) is 26.0 Å². The molecule has 0 bridgehead atoms. The molecule has 0 atom stereocenters. The summed E-state index contributed by atoms with van der Waals surface area (Å²) in [6, 6.07) is 6.56. The molecule has 1 saturated heterocycles. The van der Waals surface area contributed by atoms with Gasteiger partial charge >= 0.3 is 5.97 Å².